The monoisotopic (exact) mass is 479 g/mol. The van der Waals surface area contributed by atoms with Gasteiger partial charge in [0.2, 0.25) is 5.82 Å². The van der Waals surface area contributed by atoms with Crippen LogP contribution in [0.3, 0.4) is 0 Å². The van der Waals surface area contributed by atoms with Crippen LogP contribution in [-0.4, -0.2) is 51.9 Å². The van der Waals surface area contributed by atoms with E-state index in [1.165, 1.54) is 0 Å². The summed E-state index contributed by atoms with van der Waals surface area (Å²) in [5.41, 5.74) is 1.74. The second-order valence-corrected chi connectivity index (χ2v) is 9.08. The normalized spacial score (nSPS) is 17.5. The Morgan fingerprint density at radius 2 is 1.94 bits per heavy atom. The molecule has 1 aliphatic heterocycles. The van der Waals surface area contributed by atoms with E-state index in [4.69, 9.17) is 14.0 Å². The van der Waals surface area contributed by atoms with E-state index in [1.807, 2.05) is 68.4 Å². The van der Waals surface area contributed by atoms with Gasteiger partial charge in [-0.2, -0.15) is 4.98 Å². The number of aliphatic carboxylic acids is 1. The molecule has 1 N–H and O–H groups in total. The predicted octanol–water partition coefficient (Wildman–Crippen LogP) is 4.60. The van der Waals surface area contributed by atoms with Crippen LogP contribution in [0.15, 0.2) is 59.1 Å². The van der Waals surface area contributed by atoms with Crippen molar-refractivity contribution in [1.29, 1.82) is 0 Å². The number of carboxylic acids is 1. The molecule has 0 spiro atoms. The first-order valence-corrected chi connectivity index (χ1v) is 11.6. The lowest BCUT2D eigenvalue weighted by Crippen LogP contribution is -2.30. The van der Waals surface area contributed by atoms with Crippen LogP contribution in [-0.2, 0) is 16.1 Å². The van der Waals surface area contributed by atoms with Crippen LogP contribution in [0.1, 0.15) is 37.6 Å². The van der Waals surface area contributed by atoms with Gasteiger partial charge in [0.05, 0.1) is 13.0 Å². The van der Waals surface area contributed by atoms with Gasteiger partial charge in [-0.15, -0.1) is 0 Å². The van der Waals surface area contributed by atoms with Crippen molar-refractivity contribution in [2.24, 2.45) is 11.8 Å². The van der Waals surface area contributed by atoms with Crippen molar-refractivity contribution in [2.75, 3.05) is 19.7 Å². The molecular formula is C26H29N3O6. The molecule has 35 heavy (non-hydrogen) atoms. The molecule has 0 bridgehead atoms. The standard InChI is InChI=1S/C26H29N3O6/c1-17(2)15-34-26(32)29-13-20(12-24(30)31)22(14-29)19-9-6-10-21(11-19)33-16-23-27-25(35-28-23)18-7-4-3-5-8-18/h3-11,17,20,22H,12-16H2,1-2H3,(H,30,31)/t20-,22-/m0/s1. The zero-order chi connectivity index (χ0) is 24.8. The highest BCUT2D eigenvalue weighted by molar-refractivity contribution is 5.70. The van der Waals surface area contributed by atoms with Gasteiger partial charge in [-0.25, -0.2) is 4.79 Å². The van der Waals surface area contributed by atoms with Crippen LogP contribution < -0.4 is 4.74 Å². The quantitative estimate of drug-likeness (QED) is 0.474. The molecule has 9 nitrogen and oxygen atoms in total. The number of likely N-dealkylation sites (tertiary alicyclic amines) is 1. The smallest absolute Gasteiger partial charge is 0.409 e. The molecule has 1 amide bonds. The maximum atomic E-state index is 12.5. The molecule has 0 aliphatic carbocycles. The summed E-state index contributed by atoms with van der Waals surface area (Å²) in [4.78, 5) is 29.9. The lowest BCUT2D eigenvalue weighted by molar-refractivity contribution is -0.138. The molecule has 1 aliphatic rings. The highest BCUT2D eigenvalue weighted by atomic mass is 16.6. The first-order chi connectivity index (χ1) is 16.9. The average molecular weight is 480 g/mol. The number of ether oxygens (including phenoxy) is 2. The Balaban J connectivity index is 1.43. The Labute approximate surface area is 203 Å². The van der Waals surface area contributed by atoms with Crippen molar-refractivity contribution in [3.8, 4) is 17.2 Å². The number of amides is 1. The number of carboxylic acid groups (broad SMARTS) is 1. The van der Waals surface area contributed by atoms with Crippen molar-refractivity contribution >= 4 is 12.1 Å². The minimum absolute atomic E-state index is 0.0329. The molecule has 0 radical (unpaired) electrons. The first-order valence-electron chi connectivity index (χ1n) is 11.6. The SMILES string of the molecule is CC(C)COC(=O)N1C[C@H](CC(=O)O)[C@H](c2cccc(OCc3noc(-c4ccccc4)n3)c2)C1. The molecule has 4 rings (SSSR count). The summed E-state index contributed by atoms with van der Waals surface area (Å²) in [6.45, 7) is 5.12. The van der Waals surface area contributed by atoms with Gasteiger partial charge in [-0.1, -0.05) is 49.3 Å². The fourth-order valence-corrected chi connectivity index (χ4v) is 4.15. The van der Waals surface area contributed by atoms with Gasteiger partial charge in [0.15, 0.2) is 6.61 Å². The highest BCUT2D eigenvalue weighted by Gasteiger charge is 2.38. The fraction of sp³-hybridized carbons (Fsp3) is 0.385. The minimum Gasteiger partial charge on any atom is -0.485 e. The molecule has 0 saturated carbocycles. The lowest BCUT2D eigenvalue weighted by Gasteiger charge is -2.18. The van der Waals surface area contributed by atoms with E-state index in [9.17, 15) is 14.7 Å². The van der Waals surface area contributed by atoms with E-state index in [0.717, 1.165) is 11.1 Å². The number of carbonyl (C=O) groups is 2. The highest BCUT2D eigenvalue weighted by Crippen LogP contribution is 2.36. The average Bonchev–Trinajstić information content (AvgIpc) is 3.49. The van der Waals surface area contributed by atoms with E-state index in [-0.39, 0.29) is 30.8 Å². The van der Waals surface area contributed by atoms with E-state index in [0.29, 0.717) is 37.2 Å². The first kappa shape index (κ1) is 24.3. The Bertz CT molecular complexity index is 1150. The van der Waals surface area contributed by atoms with Crippen molar-refractivity contribution in [3.63, 3.8) is 0 Å². The van der Waals surface area contributed by atoms with Gasteiger partial charge in [0, 0.05) is 24.6 Å². The van der Waals surface area contributed by atoms with Gasteiger partial charge >= 0.3 is 12.1 Å². The lowest BCUT2D eigenvalue weighted by atomic mass is 9.87. The summed E-state index contributed by atoms with van der Waals surface area (Å²) in [5, 5.41) is 13.4. The molecule has 2 aromatic carbocycles. The summed E-state index contributed by atoms with van der Waals surface area (Å²) >= 11 is 0. The van der Waals surface area contributed by atoms with Gasteiger partial charge in [0.25, 0.3) is 5.89 Å². The summed E-state index contributed by atoms with van der Waals surface area (Å²) in [5.74, 6) is 0.405. The number of hydrogen-bond donors (Lipinski definition) is 1. The van der Waals surface area contributed by atoms with E-state index < -0.39 is 12.1 Å². The zero-order valence-corrected chi connectivity index (χ0v) is 19.8. The molecule has 2 atom stereocenters. The fourth-order valence-electron chi connectivity index (χ4n) is 4.15. The number of nitrogens with zero attached hydrogens (tertiary/aromatic N) is 3. The van der Waals surface area contributed by atoms with Gasteiger partial charge in [0.1, 0.15) is 5.75 Å². The molecule has 1 fully saturated rings. The predicted molar refractivity (Wildman–Crippen MR) is 127 cm³/mol. The van der Waals surface area contributed by atoms with E-state index in [2.05, 4.69) is 10.1 Å². The van der Waals surface area contributed by atoms with Crippen molar-refractivity contribution in [1.82, 2.24) is 15.0 Å². The second kappa shape index (κ2) is 11.0. The van der Waals surface area contributed by atoms with Crippen LogP contribution in [0.5, 0.6) is 5.75 Å². The molecule has 1 aromatic heterocycles. The van der Waals surface area contributed by atoms with Crippen molar-refractivity contribution in [3.05, 3.63) is 66.0 Å². The third-order valence-corrected chi connectivity index (χ3v) is 5.82. The van der Waals surface area contributed by atoms with E-state index in [1.54, 1.807) is 4.90 Å². The number of rotatable bonds is 9. The van der Waals surface area contributed by atoms with Crippen LogP contribution in [0.25, 0.3) is 11.5 Å². The summed E-state index contributed by atoms with van der Waals surface area (Å²) in [7, 11) is 0. The maximum absolute atomic E-state index is 12.5. The molecule has 1 saturated heterocycles. The van der Waals surface area contributed by atoms with Gasteiger partial charge in [-0.05, 0) is 41.7 Å². The molecule has 184 valence electrons. The number of hydrogen-bond acceptors (Lipinski definition) is 7. The van der Waals surface area contributed by atoms with Gasteiger partial charge in [-0.3, -0.25) is 4.79 Å². The van der Waals surface area contributed by atoms with E-state index >= 15 is 0 Å². The van der Waals surface area contributed by atoms with Crippen molar-refractivity contribution in [2.45, 2.75) is 32.8 Å². The molecule has 3 aromatic rings. The molecular weight excluding hydrogens is 450 g/mol. The third-order valence-electron chi connectivity index (χ3n) is 5.82. The minimum atomic E-state index is -0.892. The summed E-state index contributed by atoms with van der Waals surface area (Å²) in [6, 6.07) is 17.0. The largest absolute Gasteiger partial charge is 0.485 e. The Morgan fingerprint density at radius 3 is 2.69 bits per heavy atom. The van der Waals surface area contributed by atoms with Crippen LogP contribution >= 0.6 is 0 Å². The third kappa shape index (κ3) is 6.38. The Hall–Kier alpha value is -3.88. The number of aromatic nitrogens is 2. The topological polar surface area (TPSA) is 115 Å². The molecule has 0 unspecified atom stereocenters. The number of benzene rings is 2. The Morgan fingerprint density at radius 1 is 1.14 bits per heavy atom. The van der Waals surface area contributed by atoms with Crippen LogP contribution in [0.2, 0.25) is 0 Å². The molecule has 2 heterocycles. The van der Waals surface area contributed by atoms with Crippen LogP contribution in [0, 0.1) is 11.8 Å². The molecule has 9 heteroatoms. The summed E-state index contributed by atoms with van der Waals surface area (Å²) in [6.07, 6.45) is -0.440. The van der Waals surface area contributed by atoms with Crippen molar-refractivity contribution < 1.29 is 28.7 Å². The van der Waals surface area contributed by atoms with Crippen LogP contribution in [0.4, 0.5) is 4.79 Å². The van der Waals surface area contributed by atoms with Gasteiger partial charge < -0.3 is 24.0 Å². The zero-order valence-electron chi connectivity index (χ0n) is 19.8. The Kier molecular flexibility index (Phi) is 7.64. The second-order valence-electron chi connectivity index (χ2n) is 9.08. The number of carbonyl (C=O) groups excluding carboxylic acids is 1. The summed E-state index contributed by atoms with van der Waals surface area (Å²) < 4.78 is 16.6. The maximum Gasteiger partial charge on any atom is 0.409 e.